The summed E-state index contributed by atoms with van der Waals surface area (Å²) in [7, 11) is 5.47. The third-order valence-electron chi connectivity index (χ3n) is 24.8. The van der Waals surface area contributed by atoms with Gasteiger partial charge in [0, 0.05) is 118 Å². The molecule has 0 aliphatic carbocycles. The maximum absolute atomic E-state index is 15.8. The van der Waals surface area contributed by atoms with Crippen LogP contribution < -0.4 is 86.6 Å². The van der Waals surface area contributed by atoms with E-state index in [2.05, 4.69) is 73.1 Å². The Hall–Kier alpha value is -13.1. The number of methoxy groups -OCH3 is 1. The molecule has 136 heavy (non-hydrogen) atoms. The standard InChI is InChI=1S/C92H132N24O19S/c1-8-10-26-72-85(127)105-63(25-18-35-94)81(123)111-71(80(122)101-47-77(97)119)49-136-50-78(120)103-68(38-53-29-31-58(135-7)32-30-53)88(130)112(4)52(3)79(121)109-70(43-76(96)118)91(133)115-37-19-28-73(115)86(128)108-67(41-56-46-98-51-102-56)84(126)106-65(24-16-17-34-93)90(132)116-48-57(117)42-75(116)87(129)107-66(39-54-44-99-61-22-14-12-20-59(54)61)83(125)104-64(33-36-95)82(124)110-69(40-55-45-100-62-23-15-13-21-60(55)62)89(131)114(6)74(27-11-9-2)92(134)113(72)5/h12-15,20-23,29-32,44-46,51-52,57,63-75,99-100,117H,8-11,16-19,24-28,33-43,47-50,93-95H2,1-7H3,(H2,96,118)(H2,97,119)(H,98,102)(H,101,122)(H,103,120)(H,104,125)(H,105,127)(H,106,126)(H,107,129)(H,108,128)(H,109,121)(H,110,124)(H,111,123)/t52-,57+,63-,64-,65-,66-,67-,68-,69-,70+,71-,72-,73-,74-,75-/m0/s1. The number of amides is 17. The van der Waals surface area contributed by atoms with E-state index < -0.39 is 222 Å². The Morgan fingerprint density at radius 2 is 1.04 bits per heavy atom. The van der Waals surface area contributed by atoms with Crippen LogP contribution in [0.1, 0.15) is 146 Å². The third-order valence-corrected chi connectivity index (χ3v) is 25.8. The first-order valence-corrected chi connectivity index (χ1v) is 47.3. The van der Waals surface area contributed by atoms with Gasteiger partial charge in [-0.15, -0.1) is 11.8 Å². The van der Waals surface area contributed by atoms with Crippen molar-refractivity contribution in [3.63, 3.8) is 0 Å². The first-order chi connectivity index (χ1) is 65.1. The molecular weight excluding hydrogens is 1780 g/mol. The fourth-order valence-electron chi connectivity index (χ4n) is 17.0. The summed E-state index contributed by atoms with van der Waals surface area (Å²) < 4.78 is 5.36. The Morgan fingerprint density at radius 3 is 1.64 bits per heavy atom. The molecule has 3 fully saturated rings. The minimum absolute atomic E-state index is 0.00795. The third kappa shape index (κ3) is 29.5. The largest absolute Gasteiger partial charge is 0.497 e. The lowest BCUT2D eigenvalue weighted by Gasteiger charge is -2.36. The topological polar surface area (TPSA) is 647 Å². The second kappa shape index (κ2) is 52.1. The number of likely N-dealkylation sites (N-methyl/N-ethyl adjacent to an activating group) is 3. The van der Waals surface area contributed by atoms with Gasteiger partial charge in [0.15, 0.2) is 0 Å². The van der Waals surface area contributed by atoms with E-state index in [9.17, 15) is 48.3 Å². The first kappa shape index (κ1) is 107. The normalized spacial score (nSPS) is 24.7. The van der Waals surface area contributed by atoms with Crippen LogP contribution in [-0.2, 0) is 107 Å². The van der Waals surface area contributed by atoms with Crippen molar-refractivity contribution in [3.8, 4) is 5.75 Å². The molecule has 0 radical (unpaired) electrons. The number of aliphatic hydroxyl groups excluding tert-OH is 1. The summed E-state index contributed by atoms with van der Waals surface area (Å²) in [5, 5.41) is 39.9. The van der Waals surface area contributed by atoms with Crippen LogP contribution in [0.15, 0.2) is 97.7 Å². The zero-order chi connectivity index (χ0) is 99.0. The average molecular weight is 1910 g/mol. The number of carbonyl (C=O) groups is 17. The number of hydrogen-bond donors (Lipinski definition) is 19. The van der Waals surface area contributed by atoms with Crippen LogP contribution in [0.5, 0.6) is 5.75 Å². The molecule has 3 aromatic carbocycles. The zero-order valence-corrected chi connectivity index (χ0v) is 78.8. The monoisotopic (exact) mass is 1910 g/mol. The van der Waals surface area contributed by atoms with Gasteiger partial charge in [0.2, 0.25) is 100 Å². The number of hydrogen-bond acceptors (Lipinski definition) is 24. The fourth-order valence-corrected chi connectivity index (χ4v) is 17.9. The van der Waals surface area contributed by atoms with Crippen LogP contribution in [0.4, 0.5) is 0 Å². The first-order valence-electron chi connectivity index (χ1n) is 46.2. The summed E-state index contributed by atoms with van der Waals surface area (Å²) in [6.07, 6.45) is 4.75. The highest BCUT2D eigenvalue weighted by Crippen LogP contribution is 2.28. The number of nitrogens with two attached hydrogens (primary N) is 5. The Bertz CT molecular complexity index is 5150. The molecule has 3 aliphatic rings. The number of para-hydroxylation sites is 2. The number of carbonyl (C=O) groups excluding carboxylic acids is 17. The molecule has 740 valence electrons. The van der Waals surface area contributed by atoms with Crippen molar-refractivity contribution >= 4 is 134 Å². The molecule has 0 spiro atoms. The fraction of sp³-hybridized carbons (Fsp3) is 0.543. The van der Waals surface area contributed by atoms with Crippen LogP contribution >= 0.6 is 11.8 Å². The van der Waals surface area contributed by atoms with Crippen molar-refractivity contribution in [1.29, 1.82) is 0 Å². The molecular formula is C92H132N24O19S. The summed E-state index contributed by atoms with van der Waals surface area (Å²) in [4.78, 5) is 270. The van der Waals surface area contributed by atoms with Crippen LogP contribution in [0.25, 0.3) is 21.8 Å². The number of benzene rings is 3. The molecule has 17 amide bonds. The summed E-state index contributed by atoms with van der Waals surface area (Å²) in [5.74, 6) is -15.7. The number of imidazole rings is 1. The number of nitrogens with one attached hydrogen (secondary N) is 13. The van der Waals surface area contributed by atoms with Gasteiger partial charge in [0.05, 0.1) is 38.3 Å². The lowest BCUT2D eigenvalue weighted by Crippen LogP contribution is -2.61. The molecule has 43 nitrogen and oxygen atoms in total. The average Bonchev–Trinajstić information content (AvgIpc) is 1.51. The van der Waals surface area contributed by atoms with Crippen LogP contribution in [0.2, 0.25) is 0 Å². The molecule has 0 unspecified atom stereocenters. The van der Waals surface area contributed by atoms with Crippen molar-refractivity contribution in [1.82, 2.24) is 97.6 Å². The van der Waals surface area contributed by atoms with Crippen LogP contribution in [0.3, 0.4) is 0 Å². The summed E-state index contributed by atoms with van der Waals surface area (Å²) >= 11 is 0.805. The van der Waals surface area contributed by atoms with E-state index >= 15 is 38.4 Å². The van der Waals surface area contributed by atoms with E-state index in [0.717, 1.165) is 26.5 Å². The summed E-state index contributed by atoms with van der Waals surface area (Å²) in [6.45, 7) is 3.72. The number of rotatable bonds is 29. The maximum atomic E-state index is 15.8. The molecule has 3 saturated heterocycles. The van der Waals surface area contributed by atoms with Gasteiger partial charge in [-0.05, 0) is 132 Å². The summed E-state index contributed by atoms with van der Waals surface area (Å²) in [6, 6.07) is -0.234. The minimum atomic E-state index is -1.77. The van der Waals surface area contributed by atoms with Crippen LogP contribution in [-0.4, -0.2) is 320 Å². The Kier molecular flexibility index (Phi) is 40.9. The minimum Gasteiger partial charge on any atom is -0.497 e. The highest BCUT2D eigenvalue weighted by Gasteiger charge is 2.47. The van der Waals surface area contributed by atoms with Gasteiger partial charge in [-0.3, -0.25) is 81.5 Å². The van der Waals surface area contributed by atoms with Gasteiger partial charge in [-0.2, -0.15) is 0 Å². The number of H-pyrrole nitrogens is 3. The molecule has 6 heterocycles. The van der Waals surface area contributed by atoms with E-state index in [4.69, 9.17) is 33.4 Å². The second-order valence-corrected chi connectivity index (χ2v) is 35.7. The van der Waals surface area contributed by atoms with Gasteiger partial charge in [0.1, 0.15) is 90.3 Å². The molecule has 0 bridgehead atoms. The number of aromatic amines is 3. The van der Waals surface area contributed by atoms with Crippen molar-refractivity contribution in [2.24, 2.45) is 28.7 Å². The van der Waals surface area contributed by atoms with E-state index in [1.807, 2.05) is 26.0 Å². The predicted molar refractivity (Wildman–Crippen MR) is 504 cm³/mol. The highest BCUT2D eigenvalue weighted by atomic mass is 32.2. The quantitative estimate of drug-likeness (QED) is 0.0212. The van der Waals surface area contributed by atoms with Crippen molar-refractivity contribution in [2.45, 2.75) is 240 Å². The summed E-state index contributed by atoms with van der Waals surface area (Å²) in [5.41, 5.74) is 32.7. The Balaban J connectivity index is 1.10. The van der Waals surface area contributed by atoms with E-state index in [1.54, 1.807) is 73.1 Å². The molecule has 6 aromatic rings. The van der Waals surface area contributed by atoms with Crippen molar-refractivity contribution in [2.75, 3.05) is 79.0 Å². The van der Waals surface area contributed by atoms with Crippen LogP contribution in [0, 0.1) is 0 Å². The number of fused-ring (bicyclic) bond motifs is 4. The number of nitrogens with zero attached hydrogens (tertiary/aromatic N) is 6. The lowest BCUT2D eigenvalue weighted by atomic mass is 9.99. The number of aliphatic hydroxyl groups is 1. The molecule has 15 atom stereocenters. The molecule has 24 N–H and O–H groups in total. The molecule has 9 rings (SSSR count). The van der Waals surface area contributed by atoms with Gasteiger partial charge >= 0.3 is 0 Å². The van der Waals surface area contributed by atoms with E-state index in [0.29, 0.717) is 82.0 Å². The van der Waals surface area contributed by atoms with Crippen molar-refractivity contribution in [3.05, 3.63) is 120 Å². The Morgan fingerprint density at radius 1 is 0.507 bits per heavy atom. The molecule has 44 heteroatoms. The smallest absolute Gasteiger partial charge is 0.246 e. The van der Waals surface area contributed by atoms with Gasteiger partial charge in [0.25, 0.3) is 0 Å². The van der Waals surface area contributed by atoms with Gasteiger partial charge in [-0.25, -0.2) is 4.98 Å². The molecule has 3 aromatic heterocycles. The molecule has 3 aliphatic heterocycles. The number of aromatic nitrogens is 4. The predicted octanol–water partition coefficient (Wildman–Crippen LogP) is -2.71. The Labute approximate surface area is 792 Å². The number of ether oxygens (including phenoxy) is 1. The lowest BCUT2D eigenvalue weighted by molar-refractivity contribution is -0.149. The number of primary amides is 2. The zero-order valence-electron chi connectivity index (χ0n) is 78.0. The highest BCUT2D eigenvalue weighted by molar-refractivity contribution is 8.00. The van der Waals surface area contributed by atoms with Gasteiger partial charge in [-0.1, -0.05) is 88.1 Å². The molecule has 0 saturated carbocycles. The van der Waals surface area contributed by atoms with Crippen molar-refractivity contribution < 1.29 is 91.4 Å². The number of thioether (sulfide) groups is 1. The SMILES string of the molecule is CCCC[C@H]1C(=O)N(C)[C@@H](CCCC)C(=O)N[C@@H](CCCN)C(=O)N[C@H](C(=O)NCC(N)=O)CSCC(=O)N[C@@H](Cc2ccc(OC)cc2)C(=O)N(C)[C@@H](C)C(=O)N[C@H](CC(N)=O)C(=O)N2CCC[C@H]2C(=O)N[C@@H](Cc2cnc[nH]2)C(=O)N[C@@H](CCCCN)C(=O)N2C[C@H](O)C[C@H]2C(=O)N[C@@H](Cc2c[nH]c3ccccc23)C(=O)N[C@@H](CCN)C(=O)N[C@@H](Cc2c[nH]c3ccccc23)C(=O)N1C. The second-order valence-electron chi connectivity index (χ2n) is 34.7. The van der Waals surface area contributed by atoms with E-state index in [1.165, 1.54) is 57.5 Å². The number of unbranched alkanes of at least 4 members (excludes halogenated alkanes) is 3. The maximum Gasteiger partial charge on any atom is 0.246 e. The van der Waals surface area contributed by atoms with E-state index in [-0.39, 0.29) is 116 Å². The van der Waals surface area contributed by atoms with Gasteiger partial charge < -0.3 is 131 Å².